The van der Waals surface area contributed by atoms with E-state index in [-0.39, 0.29) is 17.0 Å². The summed E-state index contributed by atoms with van der Waals surface area (Å²) in [4.78, 5) is 29.1. The Labute approximate surface area is 179 Å². The minimum Gasteiger partial charge on any atom is -0.335 e. The smallest absolute Gasteiger partial charge is 0.272 e. The van der Waals surface area contributed by atoms with E-state index in [0.717, 1.165) is 24.0 Å². The third-order valence-electron chi connectivity index (χ3n) is 6.46. The van der Waals surface area contributed by atoms with Gasteiger partial charge in [0, 0.05) is 30.9 Å². The van der Waals surface area contributed by atoms with Crippen LogP contribution in [0.5, 0.6) is 0 Å². The highest BCUT2D eigenvalue weighted by Gasteiger charge is 2.36. The highest BCUT2D eigenvalue weighted by atomic mass is 19.1. The summed E-state index contributed by atoms with van der Waals surface area (Å²) in [5, 5.41) is 8.04. The number of H-pyrrole nitrogens is 1. The Hall–Kier alpha value is -3.06. The van der Waals surface area contributed by atoms with Crippen LogP contribution in [-0.4, -0.2) is 58.1 Å². The minimum absolute atomic E-state index is 0.100. The predicted octanol–water partition coefficient (Wildman–Crippen LogP) is 2.96. The predicted molar refractivity (Wildman–Crippen MR) is 117 cm³/mol. The number of hydrogen-bond donors (Lipinski definition) is 1. The standard InChI is InChI=1S/C24H25FN4O2/c25-21-9-8-16(13-22-18-6-2-3-7-19(18)23(30)27-26-22)12-20(21)24(31)29-14-17(15-29)28-10-4-1-5-11-28/h2-3,6-9,12,17H,1,4-5,10-11,13-15H2,(H,27,30). The van der Waals surface area contributed by atoms with Crippen molar-refractivity contribution in [2.45, 2.75) is 31.7 Å². The van der Waals surface area contributed by atoms with Crippen molar-refractivity contribution in [3.8, 4) is 0 Å². The van der Waals surface area contributed by atoms with Gasteiger partial charge < -0.3 is 4.90 Å². The van der Waals surface area contributed by atoms with E-state index in [4.69, 9.17) is 0 Å². The van der Waals surface area contributed by atoms with Crippen molar-refractivity contribution in [1.82, 2.24) is 20.0 Å². The van der Waals surface area contributed by atoms with E-state index in [1.54, 1.807) is 29.2 Å². The topological polar surface area (TPSA) is 69.3 Å². The number of aromatic amines is 1. The van der Waals surface area contributed by atoms with E-state index in [0.29, 0.717) is 36.6 Å². The number of amides is 1. The molecule has 2 fully saturated rings. The van der Waals surface area contributed by atoms with Gasteiger partial charge in [0.1, 0.15) is 5.82 Å². The number of carbonyl (C=O) groups is 1. The van der Waals surface area contributed by atoms with Gasteiger partial charge in [-0.2, -0.15) is 5.10 Å². The van der Waals surface area contributed by atoms with Gasteiger partial charge in [-0.1, -0.05) is 30.7 Å². The molecule has 0 spiro atoms. The number of fused-ring (bicyclic) bond motifs is 1. The quantitative estimate of drug-likeness (QED) is 0.705. The highest BCUT2D eigenvalue weighted by molar-refractivity contribution is 5.95. The third kappa shape index (κ3) is 3.85. The number of piperidine rings is 1. The van der Waals surface area contributed by atoms with E-state index < -0.39 is 5.82 Å². The molecule has 31 heavy (non-hydrogen) atoms. The van der Waals surface area contributed by atoms with Crippen LogP contribution >= 0.6 is 0 Å². The molecule has 0 aliphatic carbocycles. The summed E-state index contributed by atoms with van der Waals surface area (Å²) in [6.07, 6.45) is 4.11. The summed E-state index contributed by atoms with van der Waals surface area (Å²) in [5.41, 5.74) is 1.33. The molecular weight excluding hydrogens is 395 g/mol. The zero-order valence-corrected chi connectivity index (χ0v) is 17.3. The van der Waals surface area contributed by atoms with Crippen molar-refractivity contribution in [2.75, 3.05) is 26.2 Å². The second-order valence-electron chi connectivity index (χ2n) is 8.50. The van der Waals surface area contributed by atoms with Gasteiger partial charge in [-0.05, 0) is 49.7 Å². The Morgan fingerprint density at radius 2 is 1.81 bits per heavy atom. The lowest BCUT2D eigenvalue weighted by molar-refractivity contribution is 0.0200. The van der Waals surface area contributed by atoms with Gasteiger partial charge in [-0.25, -0.2) is 9.49 Å². The number of rotatable bonds is 4. The lowest BCUT2D eigenvalue weighted by atomic mass is 9.99. The molecule has 1 aromatic heterocycles. The van der Waals surface area contributed by atoms with Gasteiger partial charge in [0.2, 0.25) is 0 Å². The van der Waals surface area contributed by atoms with Crippen LogP contribution in [0.4, 0.5) is 4.39 Å². The van der Waals surface area contributed by atoms with Crippen LogP contribution in [0.15, 0.2) is 47.3 Å². The number of halogens is 1. The number of benzene rings is 2. The molecule has 0 radical (unpaired) electrons. The molecule has 3 aromatic rings. The highest BCUT2D eigenvalue weighted by Crippen LogP contribution is 2.24. The first-order chi connectivity index (χ1) is 15.1. The van der Waals surface area contributed by atoms with Gasteiger partial charge in [0.25, 0.3) is 11.5 Å². The Morgan fingerprint density at radius 1 is 1.06 bits per heavy atom. The number of hydrogen-bond acceptors (Lipinski definition) is 4. The zero-order valence-electron chi connectivity index (χ0n) is 17.3. The van der Waals surface area contributed by atoms with Crippen LogP contribution in [0.1, 0.15) is 40.9 Å². The zero-order chi connectivity index (χ0) is 21.4. The van der Waals surface area contributed by atoms with Gasteiger partial charge in [0.05, 0.1) is 16.6 Å². The second-order valence-corrected chi connectivity index (χ2v) is 8.50. The SMILES string of the molecule is O=C(c1cc(Cc2n[nH]c(=O)c3ccccc23)ccc1F)N1CC(N2CCCCC2)C1. The van der Waals surface area contributed by atoms with Crippen LogP contribution in [0.3, 0.4) is 0 Å². The maximum atomic E-state index is 14.5. The molecule has 0 saturated carbocycles. The number of likely N-dealkylation sites (tertiary alicyclic amines) is 2. The molecule has 160 valence electrons. The molecule has 5 rings (SSSR count). The van der Waals surface area contributed by atoms with Crippen molar-refractivity contribution < 1.29 is 9.18 Å². The summed E-state index contributed by atoms with van der Waals surface area (Å²) in [5.74, 6) is -0.763. The number of nitrogens with zero attached hydrogens (tertiary/aromatic N) is 3. The van der Waals surface area contributed by atoms with Gasteiger partial charge in [0.15, 0.2) is 0 Å². The van der Waals surface area contributed by atoms with E-state index in [9.17, 15) is 14.0 Å². The largest absolute Gasteiger partial charge is 0.335 e. The number of nitrogens with one attached hydrogen (secondary N) is 1. The second kappa shape index (κ2) is 8.23. The molecule has 6 nitrogen and oxygen atoms in total. The van der Waals surface area contributed by atoms with Gasteiger partial charge in [-0.15, -0.1) is 0 Å². The average Bonchev–Trinajstić information content (AvgIpc) is 2.77. The van der Waals surface area contributed by atoms with Crippen molar-refractivity contribution in [1.29, 1.82) is 0 Å². The van der Waals surface area contributed by atoms with E-state index >= 15 is 0 Å². The van der Waals surface area contributed by atoms with Crippen LogP contribution in [-0.2, 0) is 6.42 Å². The summed E-state index contributed by atoms with van der Waals surface area (Å²) in [6.45, 7) is 3.51. The average molecular weight is 420 g/mol. The molecule has 2 saturated heterocycles. The first-order valence-electron chi connectivity index (χ1n) is 10.9. The van der Waals surface area contributed by atoms with E-state index in [1.807, 2.05) is 12.1 Å². The fraction of sp³-hybridized carbons (Fsp3) is 0.375. The minimum atomic E-state index is -0.505. The summed E-state index contributed by atoms with van der Waals surface area (Å²) in [7, 11) is 0. The molecule has 0 atom stereocenters. The molecule has 1 N–H and O–H groups in total. The van der Waals surface area contributed by atoms with Crippen molar-refractivity contribution >= 4 is 16.7 Å². The molecule has 0 bridgehead atoms. The molecule has 7 heteroatoms. The first kappa shape index (κ1) is 19.9. The first-order valence-corrected chi connectivity index (χ1v) is 10.9. The Morgan fingerprint density at radius 3 is 2.58 bits per heavy atom. The van der Waals surface area contributed by atoms with Crippen molar-refractivity contribution in [3.63, 3.8) is 0 Å². The number of carbonyl (C=O) groups excluding carboxylic acids is 1. The van der Waals surface area contributed by atoms with Crippen LogP contribution in [0.25, 0.3) is 10.8 Å². The normalized spacial score (nSPS) is 17.6. The van der Waals surface area contributed by atoms with Crippen molar-refractivity contribution in [3.05, 3.63) is 75.5 Å². The molecule has 2 aromatic carbocycles. The Bertz CT molecular complexity index is 1180. The van der Waals surface area contributed by atoms with Gasteiger partial charge >= 0.3 is 0 Å². The Kier molecular flexibility index (Phi) is 5.28. The summed E-state index contributed by atoms with van der Waals surface area (Å²) in [6, 6.07) is 12.3. The van der Waals surface area contributed by atoms with Gasteiger partial charge in [-0.3, -0.25) is 14.5 Å². The third-order valence-corrected chi connectivity index (χ3v) is 6.46. The van der Waals surface area contributed by atoms with Crippen LogP contribution in [0, 0.1) is 5.82 Å². The molecule has 1 amide bonds. The molecule has 3 heterocycles. The number of aromatic nitrogens is 2. The molecule has 2 aliphatic heterocycles. The lowest BCUT2D eigenvalue weighted by Crippen LogP contribution is -2.61. The van der Waals surface area contributed by atoms with Crippen molar-refractivity contribution in [2.24, 2.45) is 0 Å². The van der Waals surface area contributed by atoms with E-state index in [1.165, 1.54) is 25.3 Å². The Balaban J connectivity index is 1.34. The molecule has 0 unspecified atom stereocenters. The fourth-order valence-corrected chi connectivity index (χ4v) is 4.65. The molecular formula is C24H25FN4O2. The van der Waals surface area contributed by atoms with Crippen LogP contribution in [0.2, 0.25) is 0 Å². The van der Waals surface area contributed by atoms with Crippen LogP contribution < -0.4 is 5.56 Å². The summed E-state index contributed by atoms with van der Waals surface area (Å²) < 4.78 is 14.5. The fourth-order valence-electron chi connectivity index (χ4n) is 4.65. The summed E-state index contributed by atoms with van der Waals surface area (Å²) >= 11 is 0. The monoisotopic (exact) mass is 420 g/mol. The lowest BCUT2D eigenvalue weighted by Gasteiger charge is -2.46. The molecule has 2 aliphatic rings. The maximum Gasteiger partial charge on any atom is 0.272 e. The maximum absolute atomic E-state index is 14.5. The van der Waals surface area contributed by atoms with E-state index in [2.05, 4.69) is 15.1 Å².